The van der Waals surface area contributed by atoms with Gasteiger partial charge in [0, 0.05) is 25.7 Å². The van der Waals surface area contributed by atoms with Gasteiger partial charge in [0.15, 0.2) is 0 Å². The molecule has 29 heavy (non-hydrogen) atoms. The highest BCUT2D eigenvalue weighted by molar-refractivity contribution is 5.91. The Kier molecular flexibility index (Phi) is 6.93. The van der Waals surface area contributed by atoms with Crippen molar-refractivity contribution in [1.82, 2.24) is 14.8 Å². The fourth-order valence-corrected chi connectivity index (χ4v) is 3.68. The Morgan fingerprint density at radius 2 is 2.00 bits per heavy atom. The van der Waals surface area contributed by atoms with Crippen LogP contribution in [0.4, 0.5) is 10.2 Å². The lowest BCUT2D eigenvalue weighted by Crippen LogP contribution is -2.49. The van der Waals surface area contributed by atoms with Crippen LogP contribution >= 0.6 is 0 Å². The van der Waals surface area contributed by atoms with Crippen LogP contribution in [-0.2, 0) is 16.1 Å². The molecule has 1 aliphatic heterocycles. The van der Waals surface area contributed by atoms with Crippen LogP contribution in [0.5, 0.6) is 0 Å². The first-order valence-corrected chi connectivity index (χ1v) is 9.89. The number of hydrogen-bond acceptors (Lipinski definition) is 4. The minimum atomic E-state index is -0.303. The molecule has 0 radical (unpaired) electrons. The number of nitrogens with one attached hydrogen (secondary N) is 1. The van der Waals surface area contributed by atoms with Gasteiger partial charge in [-0.25, -0.2) is 9.37 Å². The summed E-state index contributed by atoms with van der Waals surface area (Å²) in [5, 5.41) is 2.85. The molecule has 2 aromatic rings. The van der Waals surface area contributed by atoms with Crippen LogP contribution in [0.2, 0.25) is 0 Å². The maximum absolute atomic E-state index is 13.4. The van der Waals surface area contributed by atoms with Crippen LogP contribution in [0.25, 0.3) is 0 Å². The number of nitrogens with zero attached hydrogens (tertiary/aromatic N) is 3. The standard InChI is InChI=1S/C22H27FN4O2/c1-16(22(29)26(2)15-17-6-5-7-19(23)14-17)27-12-9-18(10-13-27)21(28)25-20-8-3-4-11-24-20/h3-8,11,14,16,18H,9-10,12-13,15H2,1-2H3,(H,24,25,28). The topological polar surface area (TPSA) is 65.5 Å². The zero-order valence-corrected chi connectivity index (χ0v) is 16.8. The molecule has 154 valence electrons. The number of aromatic nitrogens is 1. The molecule has 1 saturated heterocycles. The zero-order chi connectivity index (χ0) is 20.8. The van der Waals surface area contributed by atoms with Crippen molar-refractivity contribution in [1.29, 1.82) is 0 Å². The molecule has 0 bridgehead atoms. The summed E-state index contributed by atoms with van der Waals surface area (Å²) in [6.45, 7) is 3.62. The largest absolute Gasteiger partial charge is 0.340 e. The van der Waals surface area contributed by atoms with Gasteiger partial charge in [-0.2, -0.15) is 0 Å². The first-order valence-electron chi connectivity index (χ1n) is 9.89. The van der Waals surface area contributed by atoms with Crippen molar-refractivity contribution >= 4 is 17.6 Å². The lowest BCUT2D eigenvalue weighted by atomic mass is 9.95. The smallest absolute Gasteiger partial charge is 0.239 e. The molecule has 1 aromatic heterocycles. The number of hydrogen-bond donors (Lipinski definition) is 1. The SMILES string of the molecule is CC(C(=O)N(C)Cc1cccc(F)c1)N1CCC(C(=O)Nc2ccccn2)CC1. The van der Waals surface area contributed by atoms with Gasteiger partial charge in [-0.05, 0) is 62.7 Å². The average molecular weight is 398 g/mol. The average Bonchev–Trinajstić information content (AvgIpc) is 2.73. The maximum Gasteiger partial charge on any atom is 0.239 e. The highest BCUT2D eigenvalue weighted by Gasteiger charge is 2.31. The molecule has 2 amide bonds. The van der Waals surface area contributed by atoms with Gasteiger partial charge in [0.25, 0.3) is 0 Å². The number of likely N-dealkylation sites (tertiary alicyclic amines) is 1. The third-order valence-corrected chi connectivity index (χ3v) is 5.41. The minimum Gasteiger partial charge on any atom is -0.340 e. The van der Waals surface area contributed by atoms with Crippen molar-refractivity contribution in [3.05, 3.63) is 60.0 Å². The second-order valence-electron chi connectivity index (χ2n) is 7.51. The van der Waals surface area contributed by atoms with E-state index in [-0.39, 0.29) is 29.6 Å². The number of piperidine rings is 1. The number of benzene rings is 1. The molecule has 1 N–H and O–H groups in total. The summed E-state index contributed by atoms with van der Waals surface area (Å²) in [5.41, 5.74) is 0.762. The molecule has 1 unspecified atom stereocenters. The summed E-state index contributed by atoms with van der Waals surface area (Å²) < 4.78 is 13.4. The summed E-state index contributed by atoms with van der Waals surface area (Å²) in [6.07, 6.45) is 3.04. The molecule has 1 fully saturated rings. The second-order valence-corrected chi connectivity index (χ2v) is 7.51. The number of halogens is 1. The zero-order valence-electron chi connectivity index (χ0n) is 16.8. The Hall–Kier alpha value is -2.80. The Bertz CT molecular complexity index is 838. The molecule has 0 aliphatic carbocycles. The molecule has 0 spiro atoms. The number of anilines is 1. The van der Waals surface area contributed by atoms with E-state index in [4.69, 9.17) is 0 Å². The van der Waals surface area contributed by atoms with Crippen LogP contribution in [0, 0.1) is 11.7 Å². The number of pyridine rings is 1. The van der Waals surface area contributed by atoms with Gasteiger partial charge < -0.3 is 10.2 Å². The summed E-state index contributed by atoms with van der Waals surface area (Å²) in [6, 6.07) is 11.4. The molecular weight excluding hydrogens is 371 g/mol. The van der Waals surface area contributed by atoms with Crippen LogP contribution in [0.3, 0.4) is 0 Å². The van der Waals surface area contributed by atoms with E-state index >= 15 is 0 Å². The van der Waals surface area contributed by atoms with Crippen LogP contribution < -0.4 is 5.32 Å². The van der Waals surface area contributed by atoms with E-state index in [0.717, 1.165) is 5.56 Å². The number of carbonyl (C=O) groups is 2. The van der Waals surface area contributed by atoms with E-state index in [1.165, 1.54) is 12.1 Å². The predicted octanol–water partition coefficient (Wildman–Crippen LogP) is 2.92. The van der Waals surface area contributed by atoms with E-state index in [2.05, 4.69) is 15.2 Å². The monoisotopic (exact) mass is 398 g/mol. The molecular formula is C22H27FN4O2. The van der Waals surface area contributed by atoms with E-state index in [0.29, 0.717) is 38.3 Å². The van der Waals surface area contributed by atoms with Crippen molar-refractivity contribution in [2.45, 2.75) is 32.4 Å². The first-order chi connectivity index (χ1) is 13.9. The van der Waals surface area contributed by atoms with Crippen LogP contribution in [0.1, 0.15) is 25.3 Å². The quantitative estimate of drug-likeness (QED) is 0.813. The van der Waals surface area contributed by atoms with Crippen LogP contribution in [-0.4, -0.2) is 52.8 Å². The highest BCUT2D eigenvalue weighted by Crippen LogP contribution is 2.21. The molecule has 0 saturated carbocycles. The van der Waals surface area contributed by atoms with Gasteiger partial charge in [0.05, 0.1) is 6.04 Å². The Morgan fingerprint density at radius 1 is 1.24 bits per heavy atom. The van der Waals surface area contributed by atoms with E-state index < -0.39 is 0 Å². The first kappa shape index (κ1) is 20.9. The minimum absolute atomic E-state index is 0.00866. The number of likely N-dealkylation sites (N-methyl/N-ethyl adjacent to an activating group) is 1. The molecule has 1 atom stereocenters. The predicted molar refractivity (Wildman–Crippen MR) is 109 cm³/mol. The fourth-order valence-electron chi connectivity index (χ4n) is 3.68. The van der Waals surface area contributed by atoms with Crippen molar-refractivity contribution in [3.63, 3.8) is 0 Å². The summed E-state index contributed by atoms with van der Waals surface area (Å²) in [4.78, 5) is 33.1. The molecule has 2 heterocycles. The Balaban J connectivity index is 1.49. The van der Waals surface area contributed by atoms with Gasteiger partial charge in [-0.3, -0.25) is 14.5 Å². The normalized spacial score (nSPS) is 16.2. The number of carbonyl (C=O) groups excluding carboxylic acids is 2. The third kappa shape index (κ3) is 5.60. The van der Waals surface area contributed by atoms with Crippen molar-refractivity contribution < 1.29 is 14.0 Å². The van der Waals surface area contributed by atoms with Gasteiger partial charge >= 0.3 is 0 Å². The summed E-state index contributed by atoms with van der Waals surface area (Å²) in [5.74, 6) is 0.140. The Morgan fingerprint density at radius 3 is 2.66 bits per heavy atom. The lowest BCUT2D eigenvalue weighted by molar-refractivity contribution is -0.136. The Labute approximate surface area is 170 Å². The van der Waals surface area contributed by atoms with E-state index in [9.17, 15) is 14.0 Å². The molecule has 1 aromatic carbocycles. The van der Waals surface area contributed by atoms with Gasteiger partial charge in [0.1, 0.15) is 11.6 Å². The number of amides is 2. The van der Waals surface area contributed by atoms with Gasteiger partial charge in [-0.1, -0.05) is 18.2 Å². The number of rotatable bonds is 6. The van der Waals surface area contributed by atoms with Gasteiger partial charge in [0.2, 0.25) is 11.8 Å². The third-order valence-electron chi connectivity index (χ3n) is 5.41. The fraction of sp³-hybridized carbons (Fsp3) is 0.409. The van der Waals surface area contributed by atoms with Gasteiger partial charge in [-0.15, -0.1) is 0 Å². The van der Waals surface area contributed by atoms with E-state index in [1.807, 2.05) is 19.1 Å². The van der Waals surface area contributed by atoms with Crippen molar-refractivity contribution in [2.24, 2.45) is 5.92 Å². The highest BCUT2D eigenvalue weighted by atomic mass is 19.1. The maximum atomic E-state index is 13.4. The molecule has 7 heteroatoms. The summed E-state index contributed by atoms with van der Waals surface area (Å²) in [7, 11) is 1.73. The van der Waals surface area contributed by atoms with E-state index in [1.54, 1.807) is 36.3 Å². The summed E-state index contributed by atoms with van der Waals surface area (Å²) >= 11 is 0. The second kappa shape index (κ2) is 9.60. The lowest BCUT2D eigenvalue weighted by Gasteiger charge is -2.36. The molecule has 3 rings (SSSR count). The molecule has 1 aliphatic rings. The van der Waals surface area contributed by atoms with Crippen molar-refractivity contribution in [2.75, 3.05) is 25.5 Å². The molecule has 6 nitrogen and oxygen atoms in total. The van der Waals surface area contributed by atoms with Crippen molar-refractivity contribution in [3.8, 4) is 0 Å². The van der Waals surface area contributed by atoms with Crippen LogP contribution in [0.15, 0.2) is 48.7 Å².